The van der Waals surface area contributed by atoms with E-state index in [1.165, 1.54) is 23.1 Å². The van der Waals surface area contributed by atoms with Gasteiger partial charge in [0.25, 0.3) is 10.0 Å². The van der Waals surface area contributed by atoms with Gasteiger partial charge in [-0.05, 0) is 52.6 Å². The average Bonchev–Trinajstić information content (AvgIpc) is 2.77. The monoisotopic (exact) mass is 427 g/mol. The summed E-state index contributed by atoms with van der Waals surface area (Å²) in [7, 11) is -3.59. The molecule has 19 heavy (non-hydrogen) atoms. The molecule has 1 N–H and O–H groups in total. The molecule has 2 aromatic rings. The van der Waals surface area contributed by atoms with Gasteiger partial charge in [-0.1, -0.05) is 30.0 Å². The van der Waals surface area contributed by atoms with E-state index in [1.807, 2.05) is 6.92 Å². The number of anilines is 1. The summed E-state index contributed by atoms with van der Waals surface area (Å²) in [5.41, 5.74) is 0. The zero-order chi connectivity index (χ0) is 13.9. The van der Waals surface area contributed by atoms with Crippen molar-refractivity contribution in [2.75, 3.05) is 10.5 Å². The number of hydrogen-bond donors (Lipinski definition) is 1. The topological polar surface area (TPSA) is 72.0 Å². The summed E-state index contributed by atoms with van der Waals surface area (Å²) in [5.74, 6) is 0.874. The van der Waals surface area contributed by atoms with Crippen LogP contribution in [-0.2, 0) is 10.0 Å². The fourth-order valence-corrected chi connectivity index (χ4v) is 4.46. The first-order chi connectivity index (χ1) is 9.01. The van der Waals surface area contributed by atoms with Crippen molar-refractivity contribution in [1.82, 2.24) is 10.2 Å². The van der Waals surface area contributed by atoms with Crippen LogP contribution < -0.4 is 4.72 Å². The molecule has 5 nitrogen and oxygen atoms in total. The number of hydrogen-bond acceptors (Lipinski definition) is 6. The Morgan fingerprint density at radius 2 is 2.00 bits per heavy atom. The number of nitrogens with one attached hydrogen (secondary N) is 1. The van der Waals surface area contributed by atoms with Gasteiger partial charge in [0.1, 0.15) is 0 Å². The maximum Gasteiger partial charge on any atom is 0.263 e. The summed E-state index contributed by atoms with van der Waals surface area (Å²) in [6, 6.07) is 6.61. The standard InChI is InChI=1S/C10H10IN3O2S3/c1-2-17-10-13-12-9(18-10)14-19(15,16)8-5-3-7(11)4-6-8/h3-6H,2H2,1H3,(H,12,14). The van der Waals surface area contributed by atoms with Crippen molar-refractivity contribution in [3.8, 4) is 0 Å². The van der Waals surface area contributed by atoms with E-state index in [2.05, 4.69) is 37.5 Å². The molecule has 0 aliphatic carbocycles. The molecule has 102 valence electrons. The summed E-state index contributed by atoms with van der Waals surface area (Å²) in [6.45, 7) is 2.00. The molecule has 0 aliphatic rings. The zero-order valence-corrected chi connectivity index (χ0v) is 14.4. The highest BCUT2D eigenvalue weighted by Crippen LogP contribution is 2.26. The Kier molecular flexibility index (Phi) is 5.03. The van der Waals surface area contributed by atoms with Gasteiger partial charge in [0.2, 0.25) is 5.13 Å². The van der Waals surface area contributed by atoms with Crippen LogP contribution in [0.15, 0.2) is 33.5 Å². The SMILES string of the molecule is CCSc1nnc(NS(=O)(=O)c2ccc(I)cc2)s1. The van der Waals surface area contributed by atoms with Crippen LogP contribution in [0.5, 0.6) is 0 Å². The van der Waals surface area contributed by atoms with Gasteiger partial charge >= 0.3 is 0 Å². The Bertz CT molecular complexity index is 655. The third-order valence-electron chi connectivity index (χ3n) is 2.02. The molecule has 1 aromatic carbocycles. The van der Waals surface area contributed by atoms with E-state index in [4.69, 9.17) is 0 Å². The number of sulfonamides is 1. The number of benzene rings is 1. The van der Waals surface area contributed by atoms with Gasteiger partial charge in [-0.25, -0.2) is 8.42 Å². The minimum atomic E-state index is -3.59. The van der Waals surface area contributed by atoms with E-state index in [0.29, 0.717) is 0 Å². The highest BCUT2D eigenvalue weighted by molar-refractivity contribution is 14.1. The molecule has 0 spiro atoms. The van der Waals surface area contributed by atoms with Crippen LogP contribution in [0.25, 0.3) is 0 Å². The fraction of sp³-hybridized carbons (Fsp3) is 0.200. The van der Waals surface area contributed by atoms with E-state index in [9.17, 15) is 8.42 Å². The Hall–Kier alpha value is -0.390. The summed E-state index contributed by atoms with van der Waals surface area (Å²) in [6.07, 6.45) is 0. The molecule has 0 fully saturated rings. The minimum absolute atomic E-state index is 0.216. The molecular formula is C10H10IN3O2S3. The normalized spacial score (nSPS) is 11.5. The summed E-state index contributed by atoms with van der Waals surface area (Å²) in [4.78, 5) is 0.216. The Labute approximate surface area is 133 Å². The molecule has 0 unspecified atom stereocenters. The van der Waals surface area contributed by atoms with E-state index in [0.717, 1.165) is 13.7 Å². The molecule has 0 bridgehead atoms. The van der Waals surface area contributed by atoms with E-state index >= 15 is 0 Å². The van der Waals surface area contributed by atoms with Crippen molar-refractivity contribution in [3.63, 3.8) is 0 Å². The first-order valence-electron chi connectivity index (χ1n) is 5.26. The second-order valence-electron chi connectivity index (χ2n) is 3.37. The first kappa shape index (κ1) is 15.0. The third-order valence-corrected chi connectivity index (χ3v) is 6.08. The van der Waals surface area contributed by atoms with Gasteiger partial charge in [0.05, 0.1) is 4.90 Å². The molecule has 9 heteroatoms. The molecule has 0 saturated heterocycles. The minimum Gasteiger partial charge on any atom is -0.253 e. The lowest BCUT2D eigenvalue weighted by Crippen LogP contribution is -2.12. The summed E-state index contributed by atoms with van der Waals surface area (Å²) >= 11 is 4.88. The molecule has 1 heterocycles. The van der Waals surface area contributed by atoms with Crippen LogP contribution in [-0.4, -0.2) is 24.4 Å². The molecule has 0 atom stereocenters. The van der Waals surface area contributed by atoms with Gasteiger partial charge in [-0.15, -0.1) is 10.2 Å². The largest absolute Gasteiger partial charge is 0.263 e. The second kappa shape index (κ2) is 6.37. The van der Waals surface area contributed by atoms with E-state index in [1.54, 1.807) is 24.3 Å². The molecular weight excluding hydrogens is 417 g/mol. The van der Waals surface area contributed by atoms with Crippen LogP contribution in [0.2, 0.25) is 0 Å². The van der Waals surface area contributed by atoms with Crippen LogP contribution in [0.1, 0.15) is 6.92 Å². The molecule has 0 aliphatic heterocycles. The van der Waals surface area contributed by atoms with Gasteiger partial charge in [0, 0.05) is 3.57 Å². The number of halogens is 1. The average molecular weight is 427 g/mol. The first-order valence-corrected chi connectivity index (χ1v) is 9.62. The predicted molar refractivity (Wildman–Crippen MR) is 86.3 cm³/mol. The van der Waals surface area contributed by atoms with Crippen molar-refractivity contribution < 1.29 is 8.42 Å². The molecule has 1 aromatic heterocycles. The van der Waals surface area contributed by atoms with Gasteiger partial charge < -0.3 is 0 Å². The highest BCUT2D eigenvalue weighted by atomic mass is 127. The van der Waals surface area contributed by atoms with Crippen molar-refractivity contribution >= 4 is 60.8 Å². The predicted octanol–water partition coefficient (Wildman–Crippen LogP) is 3.06. The lowest BCUT2D eigenvalue weighted by Gasteiger charge is -2.04. The number of aromatic nitrogens is 2. The van der Waals surface area contributed by atoms with Gasteiger partial charge in [-0.2, -0.15) is 0 Å². The number of thioether (sulfide) groups is 1. The number of nitrogens with zero attached hydrogens (tertiary/aromatic N) is 2. The van der Waals surface area contributed by atoms with Crippen molar-refractivity contribution in [1.29, 1.82) is 0 Å². The highest BCUT2D eigenvalue weighted by Gasteiger charge is 2.16. The zero-order valence-electron chi connectivity index (χ0n) is 9.83. The quantitative estimate of drug-likeness (QED) is 0.587. The van der Waals surface area contributed by atoms with Crippen molar-refractivity contribution in [2.45, 2.75) is 16.2 Å². The summed E-state index contributed by atoms with van der Waals surface area (Å²) in [5, 5.41) is 8.01. The fourth-order valence-electron chi connectivity index (χ4n) is 1.22. The molecule has 0 saturated carbocycles. The summed E-state index contributed by atoms with van der Waals surface area (Å²) < 4.78 is 28.4. The van der Waals surface area contributed by atoms with E-state index in [-0.39, 0.29) is 10.0 Å². The Balaban J connectivity index is 2.18. The van der Waals surface area contributed by atoms with Crippen molar-refractivity contribution in [3.05, 3.63) is 27.8 Å². The maximum absolute atomic E-state index is 12.1. The lowest BCUT2D eigenvalue weighted by atomic mass is 10.4. The molecule has 0 amide bonds. The van der Waals surface area contributed by atoms with Crippen LogP contribution in [0.3, 0.4) is 0 Å². The maximum atomic E-state index is 12.1. The van der Waals surface area contributed by atoms with Gasteiger partial charge in [-0.3, -0.25) is 4.72 Å². The number of rotatable bonds is 5. The Morgan fingerprint density at radius 1 is 1.32 bits per heavy atom. The second-order valence-corrected chi connectivity index (χ2v) is 8.78. The smallest absolute Gasteiger partial charge is 0.253 e. The third kappa shape index (κ3) is 4.04. The van der Waals surface area contributed by atoms with Crippen LogP contribution >= 0.6 is 45.7 Å². The van der Waals surface area contributed by atoms with E-state index < -0.39 is 10.0 Å². The van der Waals surface area contributed by atoms with Gasteiger partial charge in [0.15, 0.2) is 4.34 Å². The van der Waals surface area contributed by atoms with Crippen molar-refractivity contribution in [2.24, 2.45) is 0 Å². The van der Waals surface area contributed by atoms with Crippen LogP contribution in [0.4, 0.5) is 5.13 Å². The lowest BCUT2D eigenvalue weighted by molar-refractivity contribution is 0.601. The molecule has 0 radical (unpaired) electrons. The molecule has 2 rings (SSSR count). The van der Waals surface area contributed by atoms with Crippen LogP contribution in [0, 0.1) is 3.57 Å². The Morgan fingerprint density at radius 3 is 2.63 bits per heavy atom.